The van der Waals surface area contributed by atoms with Crippen molar-refractivity contribution >= 4 is 0 Å². The maximum atomic E-state index is 12.7. The first-order chi connectivity index (χ1) is 8.07. The molecule has 0 saturated heterocycles. The highest BCUT2D eigenvalue weighted by Crippen LogP contribution is 2.13. The second kappa shape index (κ2) is 6.51. The molecule has 0 aliphatic rings. The molecule has 17 heavy (non-hydrogen) atoms. The first-order valence-electron chi connectivity index (χ1n) is 5.48. The van der Waals surface area contributed by atoms with Gasteiger partial charge >= 0.3 is 0 Å². The van der Waals surface area contributed by atoms with E-state index in [0.29, 0.717) is 13.2 Å². The summed E-state index contributed by atoms with van der Waals surface area (Å²) >= 11 is 0. The monoisotopic (exact) mass is 245 g/mol. The molecule has 0 fully saturated rings. The van der Waals surface area contributed by atoms with E-state index in [0.717, 1.165) is 11.3 Å². The lowest BCUT2D eigenvalue weighted by molar-refractivity contribution is -0.0477. The van der Waals surface area contributed by atoms with E-state index >= 15 is 0 Å². The molecular formula is C12H17F2NO2. The quantitative estimate of drug-likeness (QED) is 0.769. The largest absolute Gasteiger partial charge is 0.494 e. The molecule has 0 amide bonds. The average molecular weight is 245 g/mol. The molecular weight excluding hydrogens is 228 g/mol. The van der Waals surface area contributed by atoms with Gasteiger partial charge in [0.05, 0.1) is 13.2 Å². The molecule has 1 aromatic rings. The number of hydrogen-bond donors (Lipinski definition) is 2. The molecule has 96 valence electrons. The van der Waals surface area contributed by atoms with Gasteiger partial charge in [-0.3, -0.25) is 0 Å². The Balaban J connectivity index is 2.37. The molecule has 3 nitrogen and oxygen atoms in total. The van der Waals surface area contributed by atoms with Crippen LogP contribution < -0.4 is 10.1 Å². The van der Waals surface area contributed by atoms with Gasteiger partial charge < -0.3 is 15.2 Å². The minimum atomic E-state index is -3.06. The second-order valence-corrected chi connectivity index (χ2v) is 3.69. The van der Waals surface area contributed by atoms with Gasteiger partial charge in [-0.15, -0.1) is 0 Å². The highest BCUT2D eigenvalue weighted by atomic mass is 19.3. The van der Waals surface area contributed by atoms with Gasteiger partial charge in [0.15, 0.2) is 0 Å². The molecule has 1 rings (SSSR count). The lowest BCUT2D eigenvalue weighted by Crippen LogP contribution is -2.35. The van der Waals surface area contributed by atoms with Crippen LogP contribution in [0.15, 0.2) is 24.3 Å². The van der Waals surface area contributed by atoms with Gasteiger partial charge in [0.1, 0.15) is 12.4 Å². The van der Waals surface area contributed by atoms with Crippen LogP contribution in [0, 0.1) is 0 Å². The first-order valence-corrected chi connectivity index (χ1v) is 5.48. The van der Waals surface area contributed by atoms with Crippen LogP contribution in [0.5, 0.6) is 5.75 Å². The van der Waals surface area contributed by atoms with Gasteiger partial charge in [-0.05, 0) is 24.6 Å². The highest BCUT2D eigenvalue weighted by Gasteiger charge is 2.26. The highest BCUT2D eigenvalue weighted by molar-refractivity contribution is 5.27. The summed E-state index contributed by atoms with van der Waals surface area (Å²) in [7, 11) is 0. The van der Waals surface area contributed by atoms with Crippen LogP contribution in [0.3, 0.4) is 0 Å². The van der Waals surface area contributed by atoms with Crippen molar-refractivity contribution in [3.8, 4) is 5.75 Å². The molecule has 0 aliphatic carbocycles. The molecule has 1 aromatic carbocycles. The molecule has 0 bridgehead atoms. The van der Waals surface area contributed by atoms with Crippen LogP contribution in [0.1, 0.15) is 12.5 Å². The molecule has 0 aliphatic heterocycles. The van der Waals surface area contributed by atoms with Gasteiger partial charge in [0.25, 0.3) is 5.92 Å². The Morgan fingerprint density at radius 2 is 1.94 bits per heavy atom. The molecule has 0 saturated carbocycles. The van der Waals surface area contributed by atoms with Crippen molar-refractivity contribution in [1.82, 2.24) is 5.32 Å². The zero-order valence-electron chi connectivity index (χ0n) is 9.75. The summed E-state index contributed by atoms with van der Waals surface area (Å²) in [6, 6.07) is 7.22. The topological polar surface area (TPSA) is 41.5 Å². The summed E-state index contributed by atoms with van der Waals surface area (Å²) in [6.07, 6.45) is 0. The van der Waals surface area contributed by atoms with Gasteiger partial charge in [-0.25, -0.2) is 8.78 Å². The molecule has 0 heterocycles. The van der Waals surface area contributed by atoms with Crippen LogP contribution in [-0.4, -0.2) is 30.8 Å². The van der Waals surface area contributed by atoms with E-state index in [1.54, 1.807) is 12.1 Å². The van der Waals surface area contributed by atoms with Gasteiger partial charge in [-0.2, -0.15) is 0 Å². The van der Waals surface area contributed by atoms with Crippen molar-refractivity contribution in [2.45, 2.75) is 19.4 Å². The molecule has 0 spiro atoms. The third kappa shape index (κ3) is 5.10. The van der Waals surface area contributed by atoms with Crippen molar-refractivity contribution in [1.29, 1.82) is 0 Å². The number of nitrogens with one attached hydrogen (secondary N) is 1. The van der Waals surface area contributed by atoms with Crippen LogP contribution >= 0.6 is 0 Å². The van der Waals surface area contributed by atoms with Crippen molar-refractivity contribution in [2.24, 2.45) is 0 Å². The van der Waals surface area contributed by atoms with Crippen LogP contribution in [0.2, 0.25) is 0 Å². The molecule has 0 unspecified atom stereocenters. The lowest BCUT2D eigenvalue weighted by Gasteiger charge is -2.14. The predicted octanol–water partition coefficient (Wildman–Crippen LogP) is 1.80. The normalized spacial score (nSPS) is 11.5. The van der Waals surface area contributed by atoms with Gasteiger partial charge in [0.2, 0.25) is 0 Å². The van der Waals surface area contributed by atoms with Crippen LogP contribution in [-0.2, 0) is 6.54 Å². The Morgan fingerprint density at radius 3 is 2.47 bits per heavy atom. The third-order valence-corrected chi connectivity index (χ3v) is 2.18. The Morgan fingerprint density at radius 1 is 1.29 bits per heavy atom. The van der Waals surface area contributed by atoms with E-state index < -0.39 is 19.1 Å². The summed E-state index contributed by atoms with van der Waals surface area (Å²) in [5, 5.41) is 11.0. The summed E-state index contributed by atoms with van der Waals surface area (Å²) in [4.78, 5) is 0. The van der Waals surface area contributed by atoms with Gasteiger partial charge in [0, 0.05) is 6.54 Å². The van der Waals surface area contributed by atoms with Crippen molar-refractivity contribution in [3.05, 3.63) is 29.8 Å². The van der Waals surface area contributed by atoms with E-state index in [1.165, 1.54) is 0 Å². The number of aliphatic hydroxyl groups is 1. The molecule has 2 N–H and O–H groups in total. The summed E-state index contributed by atoms with van der Waals surface area (Å²) in [5.41, 5.74) is 0.891. The number of hydrogen-bond acceptors (Lipinski definition) is 3. The fraction of sp³-hybridized carbons (Fsp3) is 0.500. The van der Waals surface area contributed by atoms with E-state index in [4.69, 9.17) is 9.84 Å². The fourth-order valence-corrected chi connectivity index (χ4v) is 1.32. The first kappa shape index (κ1) is 13.9. The van der Waals surface area contributed by atoms with E-state index in [-0.39, 0.29) is 0 Å². The molecule has 0 atom stereocenters. The summed E-state index contributed by atoms with van der Waals surface area (Å²) in [5.74, 6) is -2.30. The average Bonchev–Trinajstić information content (AvgIpc) is 2.32. The second-order valence-electron chi connectivity index (χ2n) is 3.69. The van der Waals surface area contributed by atoms with Crippen molar-refractivity contribution in [2.75, 3.05) is 19.8 Å². The smallest absolute Gasteiger partial charge is 0.282 e. The fourth-order valence-electron chi connectivity index (χ4n) is 1.32. The van der Waals surface area contributed by atoms with Crippen LogP contribution in [0.25, 0.3) is 0 Å². The Kier molecular flexibility index (Phi) is 5.31. The van der Waals surface area contributed by atoms with E-state index in [2.05, 4.69) is 5.32 Å². The Labute approximate surface area is 99.4 Å². The maximum absolute atomic E-state index is 12.7. The SMILES string of the molecule is CCOc1ccc(CNCC(F)(F)CO)cc1. The number of benzene rings is 1. The zero-order chi connectivity index (χ0) is 12.7. The van der Waals surface area contributed by atoms with Crippen LogP contribution in [0.4, 0.5) is 8.78 Å². The number of halogens is 2. The van der Waals surface area contributed by atoms with E-state index in [1.807, 2.05) is 19.1 Å². The standard InChI is InChI=1S/C12H17F2NO2/c1-2-17-11-5-3-10(4-6-11)7-15-8-12(13,14)9-16/h3-6,15-16H,2,7-9H2,1H3. The Bertz CT molecular complexity index is 328. The zero-order valence-corrected chi connectivity index (χ0v) is 9.75. The predicted molar refractivity (Wildman–Crippen MR) is 61.4 cm³/mol. The van der Waals surface area contributed by atoms with Crippen molar-refractivity contribution in [3.63, 3.8) is 0 Å². The minimum absolute atomic E-state index is 0.335. The van der Waals surface area contributed by atoms with Gasteiger partial charge in [-0.1, -0.05) is 12.1 Å². The number of rotatable bonds is 7. The number of ether oxygens (including phenoxy) is 1. The third-order valence-electron chi connectivity index (χ3n) is 2.18. The number of aliphatic hydroxyl groups excluding tert-OH is 1. The summed E-state index contributed by atoms with van der Waals surface area (Å²) in [6.45, 7) is 1.16. The minimum Gasteiger partial charge on any atom is -0.494 e. The number of alkyl halides is 2. The molecule has 0 radical (unpaired) electrons. The molecule has 5 heteroatoms. The maximum Gasteiger partial charge on any atom is 0.282 e. The van der Waals surface area contributed by atoms with E-state index in [9.17, 15) is 8.78 Å². The Hall–Kier alpha value is -1.20. The molecule has 0 aromatic heterocycles. The lowest BCUT2D eigenvalue weighted by atomic mass is 10.2. The van der Waals surface area contributed by atoms with Crippen molar-refractivity contribution < 1.29 is 18.6 Å². The summed E-state index contributed by atoms with van der Waals surface area (Å²) < 4.78 is 30.6.